The van der Waals surface area contributed by atoms with Gasteiger partial charge in [-0.15, -0.1) is 0 Å². The Labute approximate surface area is 199 Å². The van der Waals surface area contributed by atoms with Gasteiger partial charge in [-0.3, -0.25) is 4.79 Å². The molecule has 0 bridgehead atoms. The summed E-state index contributed by atoms with van der Waals surface area (Å²) in [5, 5.41) is -0.144. The Hall–Kier alpha value is -3.53. The summed E-state index contributed by atoms with van der Waals surface area (Å²) >= 11 is 0. The lowest BCUT2D eigenvalue weighted by Gasteiger charge is -2.19. The number of rotatable bonds is 8. The first-order valence-corrected chi connectivity index (χ1v) is 10.6. The summed E-state index contributed by atoms with van der Waals surface area (Å²) in [4.78, 5) is 24.6. The van der Waals surface area contributed by atoms with Crippen LogP contribution in [0.25, 0.3) is 11.0 Å². The first kappa shape index (κ1) is 26.1. The summed E-state index contributed by atoms with van der Waals surface area (Å²) in [5.41, 5.74) is -0.591. The zero-order chi connectivity index (χ0) is 25.8. The monoisotopic (exact) mass is 494 g/mol. The topological polar surface area (TPSA) is 84.2 Å². The van der Waals surface area contributed by atoms with Gasteiger partial charge in [0.15, 0.2) is 6.61 Å². The number of hydrogen-bond acceptors (Lipinski definition) is 7. The van der Waals surface area contributed by atoms with Crippen LogP contribution < -0.4 is 14.9 Å². The van der Waals surface area contributed by atoms with Gasteiger partial charge in [-0.1, -0.05) is 32.9 Å². The molecule has 10 heteroatoms. The van der Waals surface area contributed by atoms with Crippen LogP contribution in [0.5, 0.6) is 17.2 Å². The molecular weight excluding hydrogens is 469 g/mol. The van der Waals surface area contributed by atoms with E-state index in [1.54, 1.807) is 12.1 Å². The number of alkyl halides is 3. The summed E-state index contributed by atoms with van der Waals surface area (Å²) in [6.07, 6.45) is -5.00. The van der Waals surface area contributed by atoms with E-state index >= 15 is 0 Å². The van der Waals surface area contributed by atoms with Gasteiger partial charge in [-0.2, -0.15) is 13.2 Å². The fraction of sp³-hybridized carbons (Fsp3) is 0.360. The highest BCUT2D eigenvalue weighted by atomic mass is 19.4. The highest BCUT2D eigenvalue weighted by Crippen LogP contribution is 2.39. The Morgan fingerprint density at radius 3 is 2.23 bits per heavy atom. The number of methoxy groups -OCH3 is 1. The largest absolute Gasteiger partial charge is 0.482 e. The minimum atomic E-state index is -5.00. The summed E-state index contributed by atoms with van der Waals surface area (Å²) in [5.74, 6) is -3.17. The number of hydrogen-bond donors (Lipinski definition) is 0. The molecule has 1 heterocycles. The van der Waals surface area contributed by atoms with E-state index in [2.05, 4.69) is 0 Å². The lowest BCUT2D eigenvalue weighted by molar-refractivity contribution is -0.154. The quantitative estimate of drug-likeness (QED) is 0.303. The van der Waals surface area contributed by atoms with E-state index < -0.39 is 35.7 Å². The second-order valence-corrected chi connectivity index (χ2v) is 8.62. The Morgan fingerprint density at radius 1 is 0.971 bits per heavy atom. The number of carbonyl (C=O) groups excluding carboxylic acids is 1. The molecule has 0 saturated heterocycles. The molecule has 0 aliphatic carbocycles. The van der Waals surface area contributed by atoms with Crippen LogP contribution in [-0.2, 0) is 25.9 Å². The van der Waals surface area contributed by atoms with Crippen LogP contribution in [0, 0.1) is 0 Å². The van der Waals surface area contributed by atoms with Gasteiger partial charge in [0.1, 0.15) is 23.7 Å². The average Bonchev–Trinajstić information content (AvgIpc) is 2.78. The molecule has 0 unspecified atom stereocenters. The van der Waals surface area contributed by atoms with Crippen molar-refractivity contribution < 1.29 is 41.3 Å². The fourth-order valence-corrected chi connectivity index (χ4v) is 3.09. The third-order valence-corrected chi connectivity index (χ3v) is 4.93. The van der Waals surface area contributed by atoms with Gasteiger partial charge in [0.25, 0.3) is 5.76 Å². The zero-order valence-electron chi connectivity index (χ0n) is 19.7. The predicted molar refractivity (Wildman–Crippen MR) is 121 cm³/mol. The third kappa shape index (κ3) is 6.54. The van der Waals surface area contributed by atoms with E-state index in [1.165, 1.54) is 31.4 Å². The molecule has 1 aromatic heterocycles. The molecule has 0 radical (unpaired) electrons. The summed E-state index contributed by atoms with van der Waals surface area (Å²) in [6, 6.07) is 10.1. The van der Waals surface area contributed by atoms with Crippen molar-refractivity contribution in [3.05, 3.63) is 64.0 Å². The Balaban J connectivity index is 1.92. The SMILES string of the molecule is COCCOC(=O)COc1ccc2c(=O)c(Oc3ccc(C(C)(C)C)cc3)c(C(F)(F)F)oc2c1. The van der Waals surface area contributed by atoms with E-state index in [0.29, 0.717) is 0 Å². The minimum absolute atomic E-state index is 0.0175. The van der Waals surface area contributed by atoms with Crippen molar-refractivity contribution in [3.8, 4) is 17.2 Å². The maximum atomic E-state index is 13.8. The predicted octanol–water partition coefficient (Wildman–Crippen LogP) is 5.47. The van der Waals surface area contributed by atoms with Crippen molar-refractivity contribution >= 4 is 16.9 Å². The van der Waals surface area contributed by atoms with Crippen molar-refractivity contribution in [3.63, 3.8) is 0 Å². The molecule has 0 atom stereocenters. The highest BCUT2D eigenvalue weighted by molar-refractivity contribution is 5.80. The van der Waals surface area contributed by atoms with Crippen LogP contribution in [0.15, 0.2) is 51.7 Å². The zero-order valence-corrected chi connectivity index (χ0v) is 19.7. The Kier molecular flexibility index (Phi) is 7.74. The third-order valence-electron chi connectivity index (χ3n) is 4.93. The van der Waals surface area contributed by atoms with Crippen LogP contribution in [0.1, 0.15) is 32.1 Å². The summed E-state index contributed by atoms with van der Waals surface area (Å²) in [6.45, 7) is 5.72. The van der Waals surface area contributed by atoms with E-state index in [1.807, 2.05) is 20.8 Å². The van der Waals surface area contributed by atoms with Crippen LogP contribution in [0.3, 0.4) is 0 Å². The molecule has 0 saturated carbocycles. The first-order chi connectivity index (χ1) is 16.4. The van der Waals surface area contributed by atoms with Gasteiger partial charge < -0.3 is 23.4 Å². The van der Waals surface area contributed by atoms with Gasteiger partial charge in [0, 0.05) is 13.2 Å². The molecule has 0 N–H and O–H groups in total. The molecule has 0 fully saturated rings. The number of ether oxygens (including phenoxy) is 4. The second kappa shape index (κ2) is 10.4. The van der Waals surface area contributed by atoms with Gasteiger partial charge in [-0.25, -0.2) is 4.79 Å². The number of fused-ring (bicyclic) bond motifs is 1. The van der Waals surface area contributed by atoms with E-state index in [-0.39, 0.29) is 41.1 Å². The number of benzene rings is 2. The molecule has 0 aliphatic rings. The highest BCUT2D eigenvalue weighted by Gasteiger charge is 2.40. The second-order valence-electron chi connectivity index (χ2n) is 8.62. The molecule has 0 amide bonds. The lowest BCUT2D eigenvalue weighted by Crippen LogP contribution is -2.17. The van der Waals surface area contributed by atoms with E-state index in [9.17, 15) is 22.8 Å². The van der Waals surface area contributed by atoms with Crippen LogP contribution in [0.4, 0.5) is 13.2 Å². The molecule has 3 rings (SSSR count). The molecule has 0 aliphatic heterocycles. The van der Waals surface area contributed by atoms with Crippen molar-refractivity contribution in [2.24, 2.45) is 0 Å². The lowest BCUT2D eigenvalue weighted by atomic mass is 9.87. The molecular formula is C25H25F3O7. The van der Waals surface area contributed by atoms with Gasteiger partial charge in [0.2, 0.25) is 11.2 Å². The first-order valence-electron chi connectivity index (χ1n) is 10.6. The van der Waals surface area contributed by atoms with Gasteiger partial charge in [0.05, 0.1) is 12.0 Å². The van der Waals surface area contributed by atoms with Crippen molar-refractivity contribution in [2.75, 3.05) is 26.9 Å². The van der Waals surface area contributed by atoms with Gasteiger partial charge in [-0.05, 0) is 35.2 Å². The van der Waals surface area contributed by atoms with Crippen molar-refractivity contribution in [2.45, 2.75) is 32.4 Å². The van der Waals surface area contributed by atoms with Crippen molar-refractivity contribution in [1.29, 1.82) is 0 Å². The molecule has 2 aromatic carbocycles. The maximum Gasteiger partial charge on any atom is 0.453 e. The Bertz CT molecular complexity index is 1240. The maximum absolute atomic E-state index is 13.8. The number of halogens is 3. The standard InChI is InChI=1S/C25H25F3O7/c1-24(2,3)15-5-7-16(8-6-15)34-22-21(30)18-10-9-17(33-14-20(29)32-12-11-31-4)13-19(18)35-23(22)25(26,27)28/h5-10,13H,11-12,14H2,1-4H3. The number of esters is 1. The van der Waals surface area contributed by atoms with E-state index in [0.717, 1.165) is 11.6 Å². The van der Waals surface area contributed by atoms with Crippen LogP contribution in [0.2, 0.25) is 0 Å². The fourth-order valence-electron chi connectivity index (χ4n) is 3.09. The molecule has 7 nitrogen and oxygen atoms in total. The van der Waals surface area contributed by atoms with Gasteiger partial charge >= 0.3 is 12.1 Å². The normalized spacial score (nSPS) is 12.0. The average molecular weight is 494 g/mol. The van der Waals surface area contributed by atoms with Crippen molar-refractivity contribution in [1.82, 2.24) is 0 Å². The molecule has 35 heavy (non-hydrogen) atoms. The Morgan fingerprint density at radius 2 is 1.63 bits per heavy atom. The summed E-state index contributed by atoms with van der Waals surface area (Å²) in [7, 11) is 1.45. The van der Waals surface area contributed by atoms with Crippen LogP contribution in [-0.4, -0.2) is 32.9 Å². The van der Waals surface area contributed by atoms with Crippen LogP contribution >= 0.6 is 0 Å². The van der Waals surface area contributed by atoms with E-state index in [4.69, 9.17) is 23.4 Å². The molecule has 188 valence electrons. The number of carbonyl (C=O) groups is 1. The minimum Gasteiger partial charge on any atom is -0.482 e. The summed E-state index contributed by atoms with van der Waals surface area (Å²) < 4.78 is 66.6. The molecule has 3 aromatic rings. The smallest absolute Gasteiger partial charge is 0.453 e. The molecule has 0 spiro atoms.